The zero-order chi connectivity index (χ0) is 14.7. The average molecular weight is 274 g/mol. The van der Waals surface area contributed by atoms with Gasteiger partial charge in [0.15, 0.2) is 0 Å². The van der Waals surface area contributed by atoms with Crippen LogP contribution in [0.2, 0.25) is 0 Å². The van der Waals surface area contributed by atoms with E-state index in [0.717, 1.165) is 41.1 Å². The number of hydrogen-bond acceptors (Lipinski definition) is 5. The van der Waals surface area contributed by atoms with E-state index >= 15 is 0 Å². The van der Waals surface area contributed by atoms with Crippen LogP contribution < -0.4 is 10.2 Å². The van der Waals surface area contributed by atoms with Crippen LogP contribution >= 0.6 is 0 Å². The van der Waals surface area contributed by atoms with E-state index in [1.165, 1.54) is 0 Å². The highest BCUT2D eigenvalue weighted by atomic mass is 16.3. The van der Waals surface area contributed by atoms with Crippen molar-refractivity contribution in [2.45, 2.75) is 34.2 Å². The molecule has 0 spiro atoms. The number of nitrogens with zero attached hydrogens (tertiary/aromatic N) is 3. The fourth-order valence-corrected chi connectivity index (χ4v) is 2.20. The SMILES string of the molecule is CCNc1nc(C)nc(N(C)Cc2ccc(C)o2)c1C. The van der Waals surface area contributed by atoms with Gasteiger partial charge in [0, 0.05) is 19.2 Å². The van der Waals surface area contributed by atoms with Crippen molar-refractivity contribution in [1.29, 1.82) is 0 Å². The van der Waals surface area contributed by atoms with Gasteiger partial charge in [0.25, 0.3) is 0 Å². The van der Waals surface area contributed by atoms with Crippen LogP contribution in [0.25, 0.3) is 0 Å². The van der Waals surface area contributed by atoms with Gasteiger partial charge in [-0.2, -0.15) is 0 Å². The molecule has 0 bridgehead atoms. The molecule has 0 fully saturated rings. The molecule has 20 heavy (non-hydrogen) atoms. The Bertz CT molecular complexity index is 592. The summed E-state index contributed by atoms with van der Waals surface area (Å²) in [5, 5.41) is 3.28. The minimum absolute atomic E-state index is 0.691. The normalized spacial score (nSPS) is 10.7. The summed E-state index contributed by atoms with van der Waals surface area (Å²) >= 11 is 0. The van der Waals surface area contributed by atoms with E-state index < -0.39 is 0 Å². The summed E-state index contributed by atoms with van der Waals surface area (Å²) in [7, 11) is 2.02. The van der Waals surface area contributed by atoms with Gasteiger partial charge < -0.3 is 14.6 Å². The number of anilines is 2. The molecular weight excluding hydrogens is 252 g/mol. The second-order valence-electron chi connectivity index (χ2n) is 4.97. The Labute approximate surface area is 120 Å². The molecule has 2 rings (SSSR count). The van der Waals surface area contributed by atoms with E-state index in [4.69, 9.17) is 4.42 Å². The fraction of sp³-hybridized carbons (Fsp3) is 0.467. The van der Waals surface area contributed by atoms with Crippen molar-refractivity contribution in [3.63, 3.8) is 0 Å². The first-order valence-corrected chi connectivity index (χ1v) is 6.86. The van der Waals surface area contributed by atoms with Crippen LogP contribution in [0.15, 0.2) is 16.5 Å². The number of rotatable bonds is 5. The summed E-state index contributed by atoms with van der Waals surface area (Å²) in [6.07, 6.45) is 0. The van der Waals surface area contributed by atoms with E-state index in [-0.39, 0.29) is 0 Å². The van der Waals surface area contributed by atoms with Crippen LogP contribution in [0.5, 0.6) is 0 Å². The summed E-state index contributed by atoms with van der Waals surface area (Å²) in [6.45, 7) is 9.50. The fourth-order valence-electron chi connectivity index (χ4n) is 2.20. The topological polar surface area (TPSA) is 54.2 Å². The van der Waals surface area contributed by atoms with Crippen LogP contribution in [0.1, 0.15) is 29.8 Å². The first kappa shape index (κ1) is 14.4. The number of nitrogens with one attached hydrogen (secondary N) is 1. The minimum atomic E-state index is 0.691. The number of hydrogen-bond donors (Lipinski definition) is 1. The third kappa shape index (κ3) is 3.10. The lowest BCUT2D eigenvalue weighted by molar-refractivity contribution is 0.481. The number of furan rings is 1. The quantitative estimate of drug-likeness (QED) is 0.908. The van der Waals surface area contributed by atoms with Crippen molar-refractivity contribution in [2.75, 3.05) is 23.8 Å². The molecule has 1 N–H and O–H groups in total. The van der Waals surface area contributed by atoms with Gasteiger partial charge in [-0.25, -0.2) is 9.97 Å². The monoisotopic (exact) mass is 274 g/mol. The van der Waals surface area contributed by atoms with Crippen LogP contribution in [0.3, 0.4) is 0 Å². The molecule has 0 atom stereocenters. The van der Waals surface area contributed by atoms with E-state index in [0.29, 0.717) is 6.54 Å². The van der Waals surface area contributed by atoms with E-state index in [2.05, 4.69) is 27.1 Å². The zero-order valence-electron chi connectivity index (χ0n) is 12.8. The third-order valence-electron chi connectivity index (χ3n) is 3.13. The highest BCUT2D eigenvalue weighted by molar-refractivity contribution is 5.58. The lowest BCUT2D eigenvalue weighted by Crippen LogP contribution is -2.20. The Morgan fingerprint density at radius 1 is 1.20 bits per heavy atom. The molecule has 0 radical (unpaired) electrons. The first-order valence-electron chi connectivity index (χ1n) is 6.86. The van der Waals surface area contributed by atoms with E-state index in [1.54, 1.807) is 0 Å². The van der Waals surface area contributed by atoms with Crippen LogP contribution in [0.4, 0.5) is 11.6 Å². The predicted octanol–water partition coefficient (Wildman–Crippen LogP) is 3.06. The van der Waals surface area contributed by atoms with Crippen molar-refractivity contribution in [2.24, 2.45) is 0 Å². The van der Waals surface area contributed by atoms with Gasteiger partial charge >= 0.3 is 0 Å². The van der Waals surface area contributed by atoms with Crippen molar-refractivity contribution < 1.29 is 4.42 Å². The molecule has 0 unspecified atom stereocenters. The van der Waals surface area contributed by atoms with E-state index in [1.807, 2.05) is 40.0 Å². The van der Waals surface area contributed by atoms with Crippen molar-refractivity contribution in [1.82, 2.24) is 9.97 Å². The summed E-state index contributed by atoms with van der Waals surface area (Å²) in [4.78, 5) is 11.1. The average Bonchev–Trinajstić information content (AvgIpc) is 2.79. The summed E-state index contributed by atoms with van der Waals surface area (Å²) in [6, 6.07) is 3.98. The van der Waals surface area contributed by atoms with Crippen molar-refractivity contribution in [3.05, 3.63) is 35.0 Å². The molecule has 0 saturated carbocycles. The first-order chi connectivity index (χ1) is 9.51. The smallest absolute Gasteiger partial charge is 0.137 e. The van der Waals surface area contributed by atoms with Gasteiger partial charge in [0.2, 0.25) is 0 Å². The lowest BCUT2D eigenvalue weighted by atomic mass is 10.2. The Kier molecular flexibility index (Phi) is 4.27. The molecule has 2 heterocycles. The number of aromatic nitrogens is 2. The van der Waals surface area contributed by atoms with E-state index in [9.17, 15) is 0 Å². The Balaban J connectivity index is 2.26. The Morgan fingerprint density at radius 3 is 2.55 bits per heavy atom. The Hall–Kier alpha value is -2.04. The van der Waals surface area contributed by atoms with Crippen molar-refractivity contribution >= 4 is 11.6 Å². The van der Waals surface area contributed by atoms with Crippen LogP contribution in [-0.4, -0.2) is 23.6 Å². The molecule has 0 aliphatic heterocycles. The molecule has 0 saturated heterocycles. The molecule has 108 valence electrons. The van der Waals surface area contributed by atoms with Gasteiger partial charge in [-0.15, -0.1) is 0 Å². The van der Waals surface area contributed by atoms with Gasteiger partial charge in [0.1, 0.15) is 29.0 Å². The predicted molar refractivity (Wildman–Crippen MR) is 81.2 cm³/mol. The summed E-state index contributed by atoms with van der Waals surface area (Å²) < 4.78 is 5.62. The van der Waals surface area contributed by atoms with Crippen LogP contribution in [-0.2, 0) is 6.54 Å². The number of aryl methyl sites for hydroxylation is 2. The van der Waals surface area contributed by atoms with Gasteiger partial charge in [0.05, 0.1) is 6.54 Å². The molecule has 2 aromatic rings. The minimum Gasteiger partial charge on any atom is -0.464 e. The second-order valence-corrected chi connectivity index (χ2v) is 4.97. The zero-order valence-corrected chi connectivity index (χ0v) is 12.8. The lowest BCUT2D eigenvalue weighted by Gasteiger charge is -2.21. The molecule has 2 aromatic heterocycles. The summed E-state index contributed by atoms with van der Waals surface area (Å²) in [5.74, 6) is 4.46. The Morgan fingerprint density at radius 2 is 1.95 bits per heavy atom. The standard InChI is InChI=1S/C15H22N4O/c1-6-16-14-11(3)15(18-12(4)17-14)19(5)9-13-8-7-10(2)20-13/h7-8H,6,9H2,1-5H3,(H,16,17,18). The highest BCUT2D eigenvalue weighted by Gasteiger charge is 2.14. The van der Waals surface area contributed by atoms with Crippen molar-refractivity contribution in [3.8, 4) is 0 Å². The molecule has 0 aromatic carbocycles. The third-order valence-corrected chi connectivity index (χ3v) is 3.13. The largest absolute Gasteiger partial charge is 0.464 e. The molecule has 5 nitrogen and oxygen atoms in total. The molecule has 5 heteroatoms. The molecule has 0 aliphatic rings. The molecule has 0 amide bonds. The second kappa shape index (κ2) is 5.94. The maximum Gasteiger partial charge on any atom is 0.137 e. The van der Waals surface area contributed by atoms with Gasteiger partial charge in [-0.3, -0.25) is 0 Å². The molecule has 0 aliphatic carbocycles. The van der Waals surface area contributed by atoms with Gasteiger partial charge in [-0.05, 0) is 39.8 Å². The maximum absolute atomic E-state index is 5.62. The molecular formula is C15H22N4O. The van der Waals surface area contributed by atoms with Crippen LogP contribution in [0, 0.1) is 20.8 Å². The maximum atomic E-state index is 5.62. The highest BCUT2D eigenvalue weighted by Crippen LogP contribution is 2.24. The summed E-state index contributed by atoms with van der Waals surface area (Å²) in [5.41, 5.74) is 1.06. The van der Waals surface area contributed by atoms with Gasteiger partial charge in [-0.1, -0.05) is 0 Å².